The summed E-state index contributed by atoms with van der Waals surface area (Å²) in [5, 5.41) is 9.13. The van der Waals surface area contributed by atoms with Crippen LogP contribution in [0.4, 0.5) is 10.9 Å². The van der Waals surface area contributed by atoms with E-state index < -0.39 is 0 Å². The standard InChI is InChI=1S/C22H30N6O2S/c1-15-6-8-16(9-7-15)18-19(24-22(2,3)4)28-20(23-18)31-21(25-28)26(5)14-17(29)27-10-12-30-13-11-27/h6-9,24H,10-14H2,1-5H3. The molecule has 3 aromatic rings. The summed E-state index contributed by atoms with van der Waals surface area (Å²) in [6.07, 6.45) is 0. The highest BCUT2D eigenvalue weighted by Gasteiger charge is 2.24. The van der Waals surface area contributed by atoms with Crippen LogP contribution >= 0.6 is 11.3 Å². The Morgan fingerprint density at radius 2 is 1.90 bits per heavy atom. The average Bonchev–Trinajstić information content (AvgIpc) is 3.28. The van der Waals surface area contributed by atoms with Crippen molar-refractivity contribution in [1.29, 1.82) is 0 Å². The van der Waals surface area contributed by atoms with Gasteiger partial charge in [0.1, 0.15) is 5.69 Å². The molecule has 1 aliphatic rings. The largest absolute Gasteiger partial charge is 0.378 e. The third-order valence-corrected chi connectivity index (χ3v) is 6.10. The maximum Gasteiger partial charge on any atom is 0.242 e. The molecule has 2 aromatic heterocycles. The van der Waals surface area contributed by atoms with E-state index in [1.807, 2.05) is 21.4 Å². The lowest BCUT2D eigenvalue weighted by molar-refractivity contribution is -0.133. The van der Waals surface area contributed by atoms with Gasteiger partial charge in [0.25, 0.3) is 0 Å². The maximum absolute atomic E-state index is 12.6. The quantitative estimate of drug-likeness (QED) is 0.654. The molecule has 4 rings (SSSR count). The summed E-state index contributed by atoms with van der Waals surface area (Å²) in [5.74, 6) is 0.953. The highest BCUT2D eigenvalue weighted by Crippen LogP contribution is 2.34. The van der Waals surface area contributed by atoms with Gasteiger partial charge >= 0.3 is 0 Å². The van der Waals surface area contributed by atoms with Crippen LogP contribution < -0.4 is 10.2 Å². The van der Waals surface area contributed by atoms with Gasteiger partial charge in [-0.15, -0.1) is 5.10 Å². The van der Waals surface area contributed by atoms with Gasteiger partial charge in [-0.3, -0.25) is 4.79 Å². The maximum atomic E-state index is 12.6. The summed E-state index contributed by atoms with van der Waals surface area (Å²) < 4.78 is 7.20. The number of fused-ring (bicyclic) bond motifs is 1. The number of aryl methyl sites for hydroxylation is 1. The molecule has 1 N–H and O–H groups in total. The predicted molar refractivity (Wildman–Crippen MR) is 125 cm³/mol. The number of rotatable bonds is 5. The molecule has 166 valence electrons. The van der Waals surface area contributed by atoms with Gasteiger partial charge in [-0.25, -0.2) is 4.98 Å². The summed E-state index contributed by atoms with van der Waals surface area (Å²) in [6, 6.07) is 8.36. The van der Waals surface area contributed by atoms with Crippen LogP contribution in [0.5, 0.6) is 0 Å². The summed E-state index contributed by atoms with van der Waals surface area (Å²) in [7, 11) is 1.90. The second kappa shape index (κ2) is 8.47. The van der Waals surface area contributed by atoms with Gasteiger partial charge in [0, 0.05) is 31.2 Å². The van der Waals surface area contributed by atoms with Gasteiger partial charge in [-0.2, -0.15) is 4.52 Å². The normalized spacial score (nSPS) is 14.8. The number of carbonyl (C=O) groups is 1. The molecule has 1 fully saturated rings. The molecule has 1 aliphatic heterocycles. The average molecular weight is 443 g/mol. The first-order chi connectivity index (χ1) is 14.7. The minimum atomic E-state index is -0.155. The number of hydrogen-bond acceptors (Lipinski definition) is 7. The summed E-state index contributed by atoms with van der Waals surface area (Å²) in [4.78, 5) is 22.0. The van der Waals surface area contributed by atoms with Gasteiger partial charge in [0.05, 0.1) is 19.8 Å². The van der Waals surface area contributed by atoms with Crippen molar-refractivity contribution in [2.75, 3.05) is 50.1 Å². The fourth-order valence-electron chi connectivity index (χ4n) is 3.46. The Morgan fingerprint density at radius 1 is 1.23 bits per heavy atom. The number of anilines is 2. The molecule has 1 saturated heterocycles. The van der Waals surface area contributed by atoms with Gasteiger partial charge < -0.3 is 19.9 Å². The SMILES string of the molecule is Cc1ccc(-c2nc3sc(N(C)CC(=O)N4CCOCC4)nn3c2NC(C)(C)C)cc1. The molecule has 3 heterocycles. The fourth-order valence-corrected chi connectivity index (χ4v) is 4.32. The van der Waals surface area contributed by atoms with E-state index in [1.165, 1.54) is 16.9 Å². The number of nitrogens with zero attached hydrogens (tertiary/aromatic N) is 5. The van der Waals surface area contributed by atoms with Crippen molar-refractivity contribution in [3.63, 3.8) is 0 Å². The van der Waals surface area contributed by atoms with Crippen molar-refractivity contribution in [3.05, 3.63) is 29.8 Å². The van der Waals surface area contributed by atoms with Crippen molar-refractivity contribution < 1.29 is 9.53 Å². The zero-order chi connectivity index (χ0) is 22.2. The number of ether oxygens (including phenoxy) is 1. The number of imidazole rings is 1. The van der Waals surface area contributed by atoms with Crippen LogP contribution in [0.15, 0.2) is 24.3 Å². The van der Waals surface area contributed by atoms with E-state index in [9.17, 15) is 4.79 Å². The molecule has 0 aliphatic carbocycles. The Kier molecular flexibility index (Phi) is 5.90. The number of likely N-dealkylation sites (N-methyl/N-ethyl adjacent to an activating group) is 1. The van der Waals surface area contributed by atoms with E-state index in [4.69, 9.17) is 14.8 Å². The molecule has 8 nitrogen and oxygen atoms in total. The molecule has 0 radical (unpaired) electrons. The van der Waals surface area contributed by atoms with Crippen molar-refractivity contribution >= 4 is 33.2 Å². The lowest BCUT2D eigenvalue weighted by atomic mass is 10.1. The molecular formula is C22H30N6O2S. The third kappa shape index (κ3) is 4.83. The number of carbonyl (C=O) groups excluding carboxylic acids is 1. The minimum Gasteiger partial charge on any atom is -0.378 e. The monoisotopic (exact) mass is 442 g/mol. The second-order valence-corrected chi connectivity index (χ2v) is 9.91. The molecule has 1 aromatic carbocycles. The van der Waals surface area contributed by atoms with Crippen molar-refractivity contribution in [2.45, 2.75) is 33.2 Å². The van der Waals surface area contributed by atoms with Crippen LogP contribution in [0.2, 0.25) is 0 Å². The van der Waals surface area contributed by atoms with Crippen LogP contribution in [0.1, 0.15) is 26.3 Å². The smallest absolute Gasteiger partial charge is 0.242 e. The number of hydrogen-bond donors (Lipinski definition) is 1. The molecule has 9 heteroatoms. The number of benzene rings is 1. The lowest BCUT2D eigenvalue weighted by Crippen LogP contribution is -2.45. The van der Waals surface area contributed by atoms with E-state index in [-0.39, 0.29) is 18.0 Å². The highest BCUT2D eigenvalue weighted by atomic mass is 32.1. The Labute approximate surface area is 186 Å². The van der Waals surface area contributed by atoms with E-state index >= 15 is 0 Å². The van der Waals surface area contributed by atoms with Gasteiger partial charge in [0.15, 0.2) is 5.82 Å². The molecule has 0 spiro atoms. The van der Waals surface area contributed by atoms with Gasteiger partial charge in [-0.05, 0) is 27.7 Å². The van der Waals surface area contributed by atoms with Gasteiger partial charge in [0.2, 0.25) is 16.0 Å². The summed E-state index contributed by atoms with van der Waals surface area (Å²) in [5.41, 5.74) is 2.99. The van der Waals surface area contributed by atoms with Crippen LogP contribution in [-0.4, -0.2) is 70.8 Å². The van der Waals surface area contributed by atoms with Crippen LogP contribution in [0.3, 0.4) is 0 Å². The predicted octanol–water partition coefficient (Wildman–Crippen LogP) is 3.27. The number of nitrogens with one attached hydrogen (secondary N) is 1. The third-order valence-electron chi connectivity index (χ3n) is 5.07. The Balaban J connectivity index is 1.63. The van der Waals surface area contributed by atoms with E-state index in [0.717, 1.165) is 27.2 Å². The minimum absolute atomic E-state index is 0.0898. The van der Waals surface area contributed by atoms with Crippen molar-refractivity contribution in [2.24, 2.45) is 0 Å². The van der Waals surface area contributed by atoms with E-state index in [0.29, 0.717) is 26.3 Å². The number of aromatic nitrogens is 3. The van der Waals surface area contributed by atoms with Crippen molar-refractivity contribution in [1.82, 2.24) is 19.5 Å². The highest BCUT2D eigenvalue weighted by molar-refractivity contribution is 7.20. The summed E-state index contributed by atoms with van der Waals surface area (Å²) >= 11 is 1.48. The fraction of sp³-hybridized carbons (Fsp3) is 0.500. The molecule has 1 amide bonds. The molecule has 0 atom stereocenters. The second-order valence-electron chi connectivity index (χ2n) is 8.98. The molecule has 0 bridgehead atoms. The van der Waals surface area contributed by atoms with Gasteiger partial charge in [-0.1, -0.05) is 41.2 Å². The first-order valence-corrected chi connectivity index (χ1v) is 11.3. The zero-order valence-electron chi connectivity index (χ0n) is 18.8. The lowest BCUT2D eigenvalue weighted by Gasteiger charge is -2.28. The number of amides is 1. The Bertz CT molecular complexity index is 1060. The molecule has 0 saturated carbocycles. The van der Waals surface area contributed by atoms with E-state index in [1.54, 1.807) is 0 Å². The summed E-state index contributed by atoms with van der Waals surface area (Å²) in [6.45, 7) is 11.2. The zero-order valence-corrected chi connectivity index (χ0v) is 19.6. The first-order valence-electron chi connectivity index (χ1n) is 10.5. The van der Waals surface area contributed by atoms with Crippen LogP contribution in [0.25, 0.3) is 16.2 Å². The van der Waals surface area contributed by atoms with Crippen LogP contribution in [0, 0.1) is 6.92 Å². The topological polar surface area (TPSA) is 75.0 Å². The number of morpholine rings is 1. The van der Waals surface area contributed by atoms with Crippen molar-refractivity contribution in [3.8, 4) is 11.3 Å². The molecule has 0 unspecified atom stereocenters. The Hall–Kier alpha value is -2.65. The molecule has 31 heavy (non-hydrogen) atoms. The Morgan fingerprint density at radius 3 is 2.55 bits per heavy atom. The van der Waals surface area contributed by atoms with Crippen LogP contribution in [-0.2, 0) is 9.53 Å². The molecular weight excluding hydrogens is 412 g/mol. The van der Waals surface area contributed by atoms with E-state index in [2.05, 4.69) is 57.3 Å². The first kappa shape index (κ1) is 21.6.